The van der Waals surface area contributed by atoms with E-state index < -0.39 is 23.8 Å². The Kier molecular flexibility index (Phi) is 2.25. The van der Waals surface area contributed by atoms with Crippen LogP contribution in [0.3, 0.4) is 0 Å². The van der Waals surface area contributed by atoms with E-state index in [1.165, 1.54) is 6.92 Å². The average molecular weight is 160 g/mol. The molecule has 4 nitrogen and oxygen atoms in total. The predicted molar refractivity (Wildman–Crippen MR) is 40.9 cm³/mol. The molecule has 1 aliphatic rings. The van der Waals surface area contributed by atoms with E-state index in [1.54, 1.807) is 7.85 Å². The summed E-state index contributed by atoms with van der Waals surface area (Å²) in [6.45, 7) is 1.24. The molecule has 3 N–H and O–H groups in total. The lowest BCUT2D eigenvalue weighted by Crippen LogP contribution is -2.45. The lowest BCUT2D eigenvalue weighted by molar-refractivity contribution is -0.0467. The minimum absolute atomic E-state index is 0.262. The molecule has 5 heteroatoms. The molecule has 4 atom stereocenters. The summed E-state index contributed by atoms with van der Waals surface area (Å²) in [7, 11) is 1.67. The van der Waals surface area contributed by atoms with Crippen molar-refractivity contribution in [3.8, 4) is 0 Å². The molecule has 0 aromatic carbocycles. The van der Waals surface area contributed by atoms with Crippen LogP contribution in [0, 0.1) is 0 Å². The van der Waals surface area contributed by atoms with Gasteiger partial charge in [0.05, 0.1) is 12.6 Å². The second-order valence-corrected chi connectivity index (χ2v) is 3.17. The fraction of sp³-hybridized carbons (Fsp3) is 1.00. The van der Waals surface area contributed by atoms with Crippen LogP contribution in [0.2, 0.25) is 0 Å². The molecule has 0 bridgehead atoms. The number of hydrogen-bond donors (Lipinski definition) is 3. The molecular formula is C6H13BO4. The minimum Gasteiger partial charge on any atom is -0.394 e. The first-order valence-electron chi connectivity index (χ1n) is 3.67. The SMILES string of the molecule is B[C@@H]1O[C@H](CO)[C@H](O)C1(C)O. The van der Waals surface area contributed by atoms with E-state index in [-0.39, 0.29) is 6.61 Å². The molecule has 0 aliphatic carbocycles. The van der Waals surface area contributed by atoms with E-state index in [2.05, 4.69) is 0 Å². The molecule has 11 heavy (non-hydrogen) atoms. The second kappa shape index (κ2) is 2.75. The molecule has 1 fully saturated rings. The number of hydrogen-bond acceptors (Lipinski definition) is 4. The predicted octanol–water partition coefficient (Wildman–Crippen LogP) is -2.55. The molecule has 1 saturated heterocycles. The van der Waals surface area contributed by atoms with Crippen molar-refractivity contribution in [1.29, 1.82) is 0 Å². The van der Waals surface area contributed by atoms with Crippen molar-refractivity contribution in [1.82, 2.24) is 0 Å². The summed E-state index contributed by atoms with van der Waals surface area (Å²) in [4.78, 5) is 0. The first-order valence-corrected chi connectivity index (χ1v) is 3.67. The summed E-state index contributed by atoms with van der Waals surface area (Å²) in [6, 6.07) is -0.436. The Morgan fingerprint density at radius 2 is 2.18 bits per heavy atom. The normalized spacial score (nSPS) is 51.5. The molecule has 0 aromatic heterocycles. The standard InChI is InChI=1S/C6H13BO4/c1-6(10)4(9)3(2-8)11-5(6)7/h3-5,8-10H,2,7H2,1H3/t3-,4+,5-,6?/m1/s1. The molecule has 0 aromatic rings. The zero-order chi connectivity index (χ0) is 8.65. The first kappa shape index (κ1) is 9.00. The maximum Gasteiger partial charge on any atom is 0.143 e. The van der Waals surface area contributed by atoms with Crippen molar-refractivity contribution in [2.24, 2.45) is 0 Å². The van der Waals surface area contributed by atoms with E-state index in [4.69, 9.17) is 9.84 Å². The number of ether oxygens (including phenoxy) is 1. The minimum atomic E-state index is -1.24. The molecular weight excluding hydrogens is 147 g/mol. The van der Waals surface area contributed by atoms with Crippen molar-refractivity contribution in [3.05, 3.63) is 0 Å². The smallest absolute Gasteiger partial charge is 0.143 e. The van der Waals surface area contributed by atoms with Gasteiger partial charge in [0.15, 0.2) is 0 Å². The molecule has 0 saturated carbocycles. The second-order valence-electron chi connectivity index (χ2n) is 3.17. The molecule has 0 radical (unpaired) electrons. The third-order valence-corrected chi connectivity index (χ3v) is 2.33. The van der Waals surface area contributed by atoms with Crippen molar-refractivity contribution in [2.45, 2.75) is 30.7 Å². The van der Waals surface area contributed by atoms with Gasteiger partial charge in [-0.05, 0) is 6.92 Å². The Bertz CT molecular complexity index is 150. The van der Waals surface area contributed by atoms with Crippen molar-refractivity contribution >= 4 is 7.85 Å². The van der Waals surface area contributed by atoms with Crippen LogP contribution in [0.4, 0.5) is 0 Å². The van der Waals surface area contributed by atoms with E-state index in [9.17, 15) is 10.2 Å². The van der Waals surface area contributed by atoms with Gasteiger partial charge in [-0.3, -0.25) is 0 Å². The van der Waals surface area contributed by atoms with Gasteiger partial charge in [-0.25, -0.2) is 0 Å². The van der Waals surface area contributed by atoms with Crippen molar-refractivity contribution < 1.29 is 20.1 Å². The molecule has 64 valence electrons. The highest BCUT2D eigenvalue weighted by atomic mass is 16.6. The van der Waals surface area contributed by atoms with Crippen LogP contribution in [0.25, 0.3) is 0 Å². The topological polar surface area (TPSA) is 69.9 Å². The van der Waals surface area contributed by atoms with E-state index in [1.807, 2.05) is 0 Å². The summed E-state index contributed by atoms with van der Waals surface area (Å²) < 4.78 is 5.09. The van der Waals surface area contributed by atoms with Crippen molar-refractivity contribution in [3.63, 3.8) is 0 Å². The summed E-state index contributed by atoms with van der Waals surface area (Å²) in [5.74, 6) is 0. The zero-order valence-electron chi connectivity index (χ0n) is 6.69. The van der Waals surface area contributed by atoms with Crippen LogP contribution >= 0.6 is 0 Å². The first-order chi connectivity index (χ1) is 5.00. The Balaban J connectivity index is 2.71. The molecule has 0 amide bonds. The highest BCUT2D eigenvalue weighted by Gasteiger charge is 2.48. The van der Waals surface area contributed by atoms with E-state index in [0.717, 1.165) is 0 Å². The molecule has 0 spiro atoms. The van der Waals surface area contributed by atoms with Crippen LogP contribution in [0.5, 0.6) is 0 Å². The van der Waals surface area contributed by atoms with Gasteiger partial charge < -0.3 is 20.1 Å². The van der Waals surface area contributed by atoms with Crippen LogP contribution in [0.15, 0.2) is 0 Å². The van der Waals surface area contributed by atoms with Crippen LogP contribution in [-0.4, -0.2) is 53.6 Å². The monoisotopic (exact) mass is 160 g/mol. The van der Waals surface area contributed by atoms with Gasteiger partial charge in [0, 0.05) is 0 Å². The van der Waals surface area contributed by atoms with Gasteiger partial charge in [-0.2, -0.15) is 0 Å². The Hall–Kier alpha value is -0.0951. The number of rotatable bonds is 1. The van der Waals surface area contributed by atoms with Gasteiger partial charge in [0.1, 0.15) is 25.7 Å². The largest absolute Gasteiger partial charge is 0.394 e. The highest BCUT2D eigenvalue weighted by Crippen LogP contribution is 2.28. The van der Waals surface area contributed by atoms with Gasteiger partial charge in [0.2, 0.25) is 0 Å². The van der Waals surface area contributed by atoms with Crippen LogP contribution in [-0.2, 0) is 4.74 Å². The number of aliphatic hydroxyl groups is 3. The molecule has 1 aliphatic heterocycles. The van der Waals surface area contributed by atoms with Gasteiger partial charge in [-0.1, -0.05) is 0 Å². The fourth-order valence-electron chi connectivity index (χ4n) is 1.23. The Morgan fingerprint density at radius 1 is 1.64 bits per heavy atom. The van der Waals surface area contributed by atoms with E-state index >= 15 is 0 Å². The molecule has 1 unspecified atom stereocenters. The zero-order valence-corrected chi connectivity index (χ0v) is 6.69. The Labute approximate surface area is 66.2 Å². The highest BCUT2D eigenvalue weighted by molar-refractivity contribution is 6.12. The maximum atomic E-state index is 9.55. The summed E-state index contributed by atoms with van der Waals surface area (Å²) in [5.41, 5.74) is -1.24. The third kappa shape index (κ3) is 1.29. The van der Waals surface area contributed by atoms with Crippen molar-refractivity contribution in [2.75, 3.05) is 6.61 Å². The van der Waals surface area contributed by atoms with Gasteiger partial charge >= 0.3 is 0 Å². The van der Waals surface area contributed by atoms with Crippen LogP contribution in [0.1, 0.15) is 6.92 Å². The summed E-state index contributed by atoms with van der Waals surface area (Å²) in [6.07, 6.45) is -1.65. The van der Waals surface area contributed by atoms with E-state index in [0.29, 0.717) is 0 Å². The summed E-state index contributed by atoms with van der Waals surface area (Å²) in [5, 5.41) is 27.6. The van der Waals surface area contributed by atoms with Gasteiger partial charge in [0.25, 0.3) is 0 Å². The molecule has 1 rings (SSSR count). The Morgan fingerprint density at radius 3 is 2.36 bits per heavy atom. The summed E-state index contributed by atoms with van der Waals surface area (Å²) >= 11 is 0. The fourth-order valence-corrected chi connectivity index (χ4v) is 1.23. The lowest BCUT2D eigenvalue weighted by atomic mass is 9.82. The quantitative estimate of drug-likeness (QED) is 0.369. The van der Waals surface area contributed by atoms with Gasteiger partial charge in [-0.15, -0.1) is 0 Å². The third-order valence-electron chi connectivity index (χ3n) is 2.33. The lowest BCUT2D eigenvalue weighted by Gasteiger charge is -2.23. The number of aliphatic hydroxyl groups excluding tert-OH is 2. The van der Waals surface area contributed by atoms with Crippen LogP contribution < -0.4 is 0 Å². The maximum absolute atomic E-state index is 9.55. The molecule has 1 heterocycles. The average Bonchev–Trinajstić information content (AvgIpc) is 2.14.